The van der Waals surface area contributed by atoms with Crippen LogP contribution in [0.15, 0.2) is 0 Å². The summed E-state index contributed by atoms with van der Waals surface area (Å²) in [7, 11) is 1.70. The summed E-state index contributed by atoms with van der Waals surface area (Å²) in [6.07, 6.45) is 1.10. The zero-order valence-electron chi connectivity index (χ0n) is 9.83. The maximum Gasteiger partial charge on any atom is 0.269 e. The van der Waals surface area contributed by atoms with Crippen LogP contribution >= 0.6 is 0 Å². The van der Waals surface area contributed by atoms with E-state index in [0.717, 1.165) is 12.6 Å². The number of nitrogens with zero attached hydrogens (tertiary/aromatic N) is 2. The molecule has 1 amide bonds. The highest BCUT2D eigenvalue weighted by Gasteiger charge is 2.39. The fourth-order valence-corrected chi connectivity index (χ4v) is 2.42. The number of primary amides is 1. The van der Waals surface area contributed by atoms with Gasteiger partial charge in [-0.3, -0.25) is 9.48 Å². The summed E-state index contributed by atoms with van der Waals surface area (Å²) < 4.78 is 28.2. The van der Waals surface area contributed by atoms with Gasteiger partial charge in [-0.25, -0.2) is 8.78 Å². The SMILES string of the molecule is Cn1nc(C(N)=O)c2c1CCC(C(C)(F)F)C2. The summed E-state index contributed by atoms with van der Waals surface area (Å²) in [5, 5.41) is 4.01. The van der Waals surface area contributed by atoms with E-state index < -0.39 is 17.7 Å². The van der Waals surface area contributed by atoms with Crippen molar-refractivity contribution in [2.75, 3.05) is 0 Å². The van der Waals surface area contributed by atoms with Crippen molar-refractivity contribution < 1.29 is 13.6 Å². The van der Waals surface area contributed by atoms with Crippen LogP contribution in [0.5, 0.6) is 0 Å². The van der Waals surface area contributed by atoms with Crippen LogP contribution in [-0.4, -0.2) is 21.6 Å². The van der Waals surface area contributed by atoms with Crippen molar-refractivity contribution in [1.82, 2.24) is 9.78 Å². The molecule has 0 saturated carbocycles. The van der Waals surface area contributed by atoms with Gasteiger partial charge in [0, 0.05) is 24.2 Å². The van der Waals surface area contributed by atoms with Crippen molar-refractivity contribution in [3.05, 3.63) is 17.0 Å². The third-order valence-electron chi connectivity index (χ3n) is 3.41. The number of aromatic nitrogens is 2. The van der Waals surface area contributed by atoms with Crippen LogP contribution in [0.2, 0.25) is 0 Å². The van der Waals surface area contributed by atoms with Gasteiger partial charge in [0.2, 0.25) is 5.92 Å². The molecule has 2 rings (SSSR count). The van der Waals surface area contributed by atoms with Crippen LogP contribution in [0.1, 0.15) is 35.1 Å². The summed E-state index contributed by atoms with van der Waals surface area (Å²) >= 11 is 0. The molecule has 0 bridgehead atoms. The first-order valence-electron chi connectivity index (χ1n) is 5.53. The lowest BCUT2D eigenvalue weighted by Gasteiger charge is -2.27. The summed E-state index contributed by atoms with van der Waals surface area (Å²) in [5.41, 5.74) is 6.78. The lowest BCUT2D eigenvalue weighted by atomic mass is 9.83. The molecule has 1 aromatic heterocycles. The maximum atomic E-state index is 13.3. The van der Waals surface area contributed by atoms with Crippen molar-refractivity contribution in [2.45, 2.75) is 32.1 Å². The van der Waals surface area contributed by atoms with Crippen molar-refractivity contribution in [3.8, 4) is 0 Å². The average Bonchev–Trinajstić information content (AvgIpc) is 2.54. The second kappa shape index (κ2) is 3.78. The van der Waals surface area contributed by atoms with Crippen molar-refractivity contribution in [1.29, 1.82) is 0 Å². The van der Waals surface area contributed by atoms with Gasteiger partial charge in [-0.05, 0) is 26.2 Å². The molecule has 0 aliphatic heterocycles. The summed E-state index contributed by atoms with van der Waals surface area (Å²) in [6, 6.07) is 0. The molecule has 6 heteroatoms. The number of rotatable bonds is 2. The van der Waals surface area contributed by atoms with Crippen LogP contribution in [0.25, 0.3) is 0 Å². The zero-order chi connectivity index (χ0) is 12.8. The molecule has 0 aromatic carbocycles. The lowest BCUT2D eigenvalue weighted by Crippen LogP contribution is -2.31. The van der Waals surface area contributed by atoms with E-state index in [-0.39, 0.29) is 12.1 Å². The Morgan fingerprint density at radius 3 is 2.76 bits per heavy atom. The molecular formula is C11H15F2N3O. The molecule has 1 aromatic rings. The average molecular weight is 243 g/mol. The third-order valence-corrected chi connectivity index (χ3v) is 3.41. The highest BCUT2D eigenvalue weighted by molar-refractivity contribution is 5.92. The molecule has 2 N–H and O–H groups in total. The smallest absolute Gasteiger partial charge is 0.269 e. The monoisotopic (exact) mass is 243 g/mol. The fraction of sp³-hybridized carbons (Fsp3) is 0.636. The van der Waals surface area contributed by atoms with Gasteiger partial charge in [0.1, 0.15) is 0 Å². The number of hydrogen-bond acceptors (Lipinski definition) is 2. The van der Waals surface area contributed by atoms with Crippen LogP contribution < -0.4 is 5.73 Å². The number of amides is 1. The molecule has 17 heavy (non-hydrogen) atoms. The Bertz CT molecular complexity index is 462. The van der Waals surface area contributed by atoms with Gasteiger partial charge in [-0.2, -0.15) is 5.10 Å². The minimum absolute atomic E-state index is 0.136. The minimum Gasteiger partial charge on any atom is -0.364 e. The van der Waals surface area contributed by atoms with Gasteiger partial charge >= 0.3 is 0 Å². The largest absolute Gasteiger partial charge is 0.364 e. The Hall–Kier alpha value is -1.46. The number of carbonyl (C=O) groups excluding carboxylic acids is 1. The molecule has 0 saturated heterocycles. The number of hydrogen-bond donors (Lipinski definition) is 1. The van der Waals surface area contributed by atoms with Crippen LogP contribution in [-0.2, 0) is 19.9 Å². The number of carbonyl (C=O) groups is 1. The van der Waals surface area contributed by atoms with Crippen LogP contribution in [0.3, 0.4) is 0 Å². The number of alkyl halides is 2. The zero-order valence-corrected chi connectivity index (χ0v) is 9.83. The van der Waals surface area contributed by atoms with E-state index in [1.807, 2.05) is 0 Å². The first-order chi connectivity index (χ1) is 7.80. The Morgan fingerprint density at radius 2 is 2.24 bits per heavy atom. The molecule has 1 heterocycles. The molecule has 0 radical (unpaired) electrons. The molecule has 94 valence electrons. The number of aryl methyl sites for hydroxylation is 1. The van der Waals surface area contributed by atoms with Gasteiger partial charge in [-0.15, -0.1) is 0 Å². The predicted molar refractivity (Wildman–Crippen MR) is 57.9 cm³/mol. The highest BCUT2D eigenvalue weighted by Crippen LogP contribution is 2.36. The molecular weight excluding hydrogens is 228 g/mol. The minimum atomic E-state index is -2.73. The van der Waals surface area contributed by atoms with E-state index in [4.69, 9.17) is 5.73 Å². The van der Waals surface area contributed by atoms with Gasteiger partial charge in [-0.1, -0.05) is 0 Å². The standard InChI is InChI=1S/C11H15F2N3O/c1-11(12,13)6-3-4-8-7(5-6)9(10(14)17)15-16(8)2/h6H,3-5H2,1-2H3,(H2,14,17). The topological polar surface area (TPSA) is 60.9 Å². The van der Waals surface area contributed by atoms with Gasteiger partial charge in [0.25, 0.3) is 5.91 Å². The second-order valence-corrected chi connectivity index (χ2v) is 4.66. The van der Waals surface area contributed by atoms with Crippen molar-refractivity contribution >= 4 is 5.91 Å². The molecule has 1 unspecified atom stereocenters. The normalized spacial score (nSPS) is 20.1. The van der Waals surface area contributed by atoms with Gasteiger partial charge < -0.3 is 5.73 Å². The number of fused-ring (bicyclic) bond motifs is 1. The van der Waals surface area contributed by atoms with Crippen molar-refractivity contribution in [2.24, 2.45) is 18.7 Å². The van der Waals surface area contributed by atoms with E-state index in [1.165, 1.54) is 0 Å². The first-order valence-corrected chi connectivity index (χ1v) is 5.53. The number of halogens is 2. The third kappa shape index (κ3) is 2.03. The van der Waals surface area contributed by atoms with E-state index in [9.17, 15) is 13.6 Å². The van der Waals surface area contributed by atoms with Gasteiger partial charge in [0.15, 0.2) is 5.69 Å². The van der Waals surface area contributed by atoms with Crippen LogP contribution in [0, 0.1) is 5.92 Å². The van der Waals surface area contributed by atoms with E-state index in [2.05, 4.69) is 5.10 Å². The molecule has 0 spiro atoms. The Kier molecular flexibility index (Phi) is 2.67. The maximum absolute atomic E-state index is 13.3. The quantitative estimate of drug-likeness (QED) is 0.850. The Balaban J connectivity index is 2.39. The molecule has 1 aliphatic carbocycles. The van der Waals surface area contributed by atoms with E-state index in [1.54, 1.807) is 11.7 Å². The Morgan fingerprint density at radius 1 is 1.59 bits per heavy atom. The molecule has 4 nitrogen and oxygen atoms in total. The fourth-order valence-electron chi connectivity index (χ4n) is 2.42. The second-order valence-electron chi connectivity index (χ2n) is 4.66. The van der Waals surface area contributed by atoms with E-state index in [0.29, 0.717) is 18.4 Å². The summed E-state index contributed by atoms with van der Waals surface area (Å²) in [4.78, 5) is 11.2. The summed E-state index contributed by atoms with van der Waals surface area (Å²) in [5.74, 6) is -4.12. The Labute approximate surface area is 97.8 Å². The van der Waals surface area contributed by atoms with Gasteiger partial charge in [0.05, 0.1) is 0 Å². The predicted octanol–water partition coefficient (Wildman–Crippen LogP) is 1.28. The molecule has 0 fully saturated rings. The molecule has 1 aliphatic rings. The molecule has 1 atom stereocenters. The van der Waals surface area contributed by atoms with Crippen molar-refractivity contribution in [3.63, 3.8) is 0 Å². The lowest BCUT2D eigenvalue weighted by molar-refractivity contribution is -0.0447. The van der Waals surface area contributed by atoms with E-state index >= 15 is 0 Å². The summed E-state index contributed by atoms with van der Waals surface area (Å²) in [6.45, 7) is 0.920. The number of nitrogens with two attached hydrogens (primary N) is 1. The van der Waals surface area contributed by atoms with Crippen LogP contribution in [0.4, 0.5) is 8.78 Å². The first kappa shape index (κ1) is 12.0. The highest BCUT2D eigenvalue weighted by atomic mass is 19.3.